The Morgan fingerprint density at radius 3 is 0.316 bits per heavy atom. The minimum absolute atomic E-state index is 0. The number of hydrogen-bond acceptors (Lipinski definition) is 8. The van der Waals surface area contributed by atoms with Crippen LogP contribution in [0.1, 0.15) is 161 Å². The molecular formula is C29H86O8Ti. The van der Waals surface area contributed by atoms with Gasteiger partial charge in [0, 0.05) is 58.3 Å². The molecule has 38 heavy (non-hydrogen) atoms. The second kappa shape index (κ2) is 119. The number of aliphatic hydroxyl groups excluding tert-OH is 6. The Hall–Kier alpha value is 0.394. The van der Waals surface area contributed by atoms with Gasteiger partial charge in [-0.05, 0) is 83.1 Å². The van der Waals surface area contributed by atoms with Crippen LogP contribution in [0.4, 0.5) is 0 Å². The molecule has 0 aromatic rings. The van der Waals surface area contributed by atoms with Crippen LogP contribution < -0.4 is 0 Å². The first-order valence-electron chi connectivity index (χ1n) is 11.5. The Bertz CT molecular complexity index is 130. The van der Waals surface area contributed by atoms with Gasteiger partial charge in [0.2, 0.25) is 0 Å². The summed E-state index contributed by atoms with van der Waals surface area (Å²) in [6.07, 6.45) is 1.50. The van der Waals surface area contributed by atoms with Crippen molar-refractivity contribution in [2.75, 3.05) is 0 Å². The van der Waals surface area contributed by atoms with Crippen LogP contribution in [-0.4, -0.2) is 77.8 Å². The molecule has 0 aliphatic rings. The molecule has 0 bridgehead atoms. The van der Waals surface area contributed by atoms with Crippen LogP contribution in [0.25, 0.3) is 0 Å². The van der Waals surface area contributed by atoms with Crippen molar-refractivity contribution in [2.24, 2.45) is 0 Å². The van der Waals surface area contributed by atoms with E-state index in [-0.39, 0.29) is 95.5 Å². The van der Waals surface area contributed by atoms with Crippen molar-refractivity contribution >= 4 is 0 Å². The summed E-state index contributed by atoms with van der Waals surface area (Å²) >= 11 is 0. The Morgan fingerprint density at radius 2 is 0.316 bits per heavy atom. The molecule has 8 nitrogen and oxygen atoms in total. The van der Waals surface area contributed by atoms with Crippen molar-refractivity contribution in [2.45, 2.75) is 197 Å². The minimum atomic E-state index is -0.167. The van der Waals surface area contributed by atoms with E-state index in [2.05, 4.69) is 27.7 Å². The summed E-state index contributed by atoms with van der Waals surface area (Å²) in [5.74, 6) is 0. The first-order chi connectivity index (χ1) is 14.2. The second-order valence-electron chi connectivity index (χ2n) is 7.98. The molecule has 0 amide bonds. The zero-order valence-electron chi connectivity index (χ0n) is 25.0. The fourth-order valence-corrected chi connectivity index (χ4v) is 0. The summed E-state index contributed by atoms with van der Waals surface area (Å²) in [6, 6.07) is 0. The van der Waals surface area contributed by atoms with E-state index in [0.29, 0.717) is 0 Å². The van der Waals surface area contributed by atoms with Gasteiger partial charge >= 0.3 is 0 Å². The zero-order valence-corrected chi connectivity index (χ0v) is 26.5. The SMILES string of the molecule is C.C.C.C.C.CC(C)O.CC(C)O.CC(C)O.CC(C)O.CC(C)O.CC(C)O.CCC.CCC.OO.[Ti]. The van der Waals surface area contributed by atoms with Crippen LogP contribution in [0.2, 0.25) is 0 Å². The average Bonchev–Trinajstić information content (AvgIpc) is 2.46. The van der Waals surface area contributed by atoms with Crippen molar-refractivity contribution in [3.8, 4) is 0 Å². The van der Waals surface area contributed by atoms with Crippen LogP contribution in [0, 0.1) is 0 Å². The van der Waals surface area contributed by atoms with E-state index in [1.807, 2.05) is 0 Å². The summed E-state index contributed by atoms with van der Waals surface area (Å²) in [5.41, 5.74) is 0. The molecule has 0 aliphatic carbocycles. The monoisotopic (exact) mass is 611 g/mol. The van der Waals surface area contributed by atoms with Gasteiger partial charge in [-0.25, -0.2) is 0 Å². The molecule has 9 heteroatoms. The van der Waals surface area contributed by atoms with E-state index >= 15 is 0 Å². The third-order valence-electron chi connectivity index (χ3n) is 0. The van der Waals surface area contributed by atoms with Gasteiger partial charge in [0.1, 0.15) is 0 Å². The van der Waals surface area contributed by atoms with E-state index < -0.39 is 0 Å². The molecule has 0 saturated carbocycles. The number of aliphatic hydroxyl groups is 6. The second-order valence-corrected chi connectivity index (χ2v) is 7.98. The van der Waals surface area contributed by atoms with Crippen molar-refractivity contribution in [3.05, 3.63) is 0 Å². The molecule has 0 aromatic carbocycles. The standard InChI is InChI=1S/6C3H8O.2C3H8.5CH4.H2O2.Ti/c6*1-3(2)4;2*1-3-2;;;;;;1-2;/h6*3-4H,1-2H3;2*3H2,1-2H3;5*1H4;1-2H;. The molecule has 0 atom stereocenters. The van der Waals surface area contributed by atoms with Gasteiger partial charge < -0.3 is 30.6 Å². The van der Waals surface area contributed by atoms with E-state index in [9.17, 15) is 0 Å². The molecule has 0 heterocycles. The summed E-state index contributed by atoms with van der Waals surface area (Å²) in [5, 5.41) is 60.3. The molecule has 0 rings (SSSR count). The predicted molar refractivity (Wildman–Crippen MR) is 175 cm³/mol. The Labute approximate surface area is 259 Å². The van der Waals surface area contributed by atoms with Gasteiger partial charge in [-0.15, -0.1) is 0 Å². The fraction of sp³-hybridized carbons (Fsp3) is 1.00. The van der Waals surface area contributed by atoms with Crippen LogP contribution in [0.5, 0.6) is 0 Å². The van der Waals surface area contributed by atoms with Crippen molar-refractivity contribution in [3.63, 3.8) is 0 Å². The third kappa shape index (κ3) is 293000. The Balaban J connectivity index is -0.0000000119. The van der Waals surface area contributed by atoms with Gasteiger partial charge in [0.25, 0.3) is 0 Å². The van der Waals surface area contributed by atoms with Gasteiger partial charge in [0.05, 0.1) is 0 Å². The normalized spacial score (nSPS) is 6.79. The molecule has 0 aliphatic heterocycles. The quantitative estimate of drug-likeness (QED) is 0.0771. The van der Waals surface area contributed by atoms with Crippen molar-refractivity contribution in [1.29, 1.82) is 0 Å². The van der Waals surface area contributed by atoms with Crippen molar-refractivity contribution in [1.82, 2.24) is 0 Å². The molecule has 0 saturated heterocycles. The Kier molecular flexibility index (Phi) is 307. The number of rotatable bonds is 0. The maximum atomic E-state index is 8.06. The van der Waals surface area contributed by atoms with Crippen LogP contribution in [-0.2, 0) is 21.7 Å². The average molecular weight is 611 g/mol. The van der Waals surface area contributed by atoms with E-state index in [1.165, 1.54) is 12.8 Å². The number of hydrogen-bond donors (Lipinski definition) is 8. The summed E-state index contributed by atoms with van der Waals surface area (Å²) in [4.78, 5) is 0. The maximum absolute atomic E-state index is 8.06. The van der Waals surface area contributed by atoms with E-state index in [0.717, 1.165) is 0 Å². The molecule has 0 unspecified atom stereocenters. The Morgan fingerprint density at radius 1 is 0.316 bits per heavy atom. The topological polar surface area (TPSA) is 162 Å². The zero-order chi connectivity index (χ0) is 28.9. The van der Waals surface area contributed by atoms with Gasteiger partial charge in [-0.2, -0.15) is 0 Å². The van der Waals surface area contributed by atoms with Gasteiger partial charge in [-0.3, -0.25) is 10.5 Å². The summed E-state index contributed by atoms with van der Waals surface area (Å²) in [7, 11) is 0. The maximum Gasteiger partial charge on any atom is 0.0483 e. The molecule has 0 spiro atoms. The van der Waals surface area contributed by atoms with Crippen LogP contribution >= 0.6 is 0 Å². The first-order valence-corrected chi connectivity index (χ1v) is 11.5. The van der Waals surface area contributed by atoms with E-state index in [1.54, 1.807) is 83.1 Å². The smallest absolute Gasteiger partial charge is 0.0483 e. The van der Waals surface area contributed by atoms with Crippen molar-refractivity contribution < 1.29 is 62.9 Å². The molecule has 0 radical (unpaired) electrons. The minimum Gasteiger partial charge on any atom is -0.394 e. The first kappa shape index (κ1) is 98.1. The van der Waals surface area contributed by atoms with Crippen LogP contribution in [0.15, 0.2) is 0 Å². The van der Waals surface area contributed by atoms with Crippen LogP contribution in [0.3, 0.4) is 0 Å². The molecule has 0 fully saturated rings. The molecular weight excluding hydrogens is 524 g/mol. The largest absolute Gasteiger partial charge is 0.394 e. The summed E-state index contributed by atoms with van der Waals surface area (Å²) in [6.45, 7) is 29.2. The van der Waals surface area contributed by atoms with E-state index in [4.69, 9.17) is 41.2 Å². The van der Waals surface area contributed by atoms with Gasteiger partial charge in [0.15, 0.2) is 0 Å². The fourth-order valence-electron chi connectivity index (χ4n) is 0. The molecule has 8 N–H and O–H groups in total. The molecule has 254 valence electrons. The predicted octanol–water partition coefficient (Wildman–Crippen LogP) is 8.35. The summed E-state index contributed by atoms with van der Waals surface area (Å²) < 4.78 is 0. The molecule has 0 aromatic heterocycles. The van der Waals surface area contributed by atoms with Gasteiger partial charge in [-0.1, -0.05) is 77.7 Å². The third-order valence-corrected chi connectivity index (χ3v) is 0.